The first-order valence-corrected chi connectivity index (χ1v) is 6.62. The van der Waals surface area contributed by atoms with E-state index in [1.54, 1.807) is 12.1 Å². The van der Waals surface area contributed by atoms with Crippen LogP contribution in [-0.2, 0) is 9.53 Å². The van der Waals surface area contributed by atoms with Crippen LogP contribution in [0.25, 0.3) is 0 Å². The molecule has 0 radical (unpaired) electrons. The molecule has 1 aromatic carbocycles. The molecule has 1 aliphatic carbocycles. The van der Waals surface area contributed by atoms with Gasteiger partial charge in [0, 0.05) is 12.3 Å². The van der Waals surface area contributed by atoms with Gasteiger partial charge in [-0.15, -0.1) is 0 Å². The lowest BCUT2D eigenvalue weighted by Gasteiger charge is -2.26. The second kappa shape index (κ2) is 6.88. The number of rotatable bonds is 5. The number of allylic oxidation sites excluding steroid dienone is 2. The highest BCUT2D eigenvalue weighted by molar-refractivity contribution is 5.89. The third kappa shape index (κ3) is 3.78. The summed E-state index contributed by atoms with van der Waals surface area (Å²) in [5.74, 6) is 0.258. The number of aldehydes is 1. The molecule has 0 aromatic heterocycles. The molecular weight excluding hydrogens is 240 g/mol. The number of carbonyl (C=O) groups is 2. The van der Waals surface area contributed by atoms with E-state index in [1.807, 2.05) is 18.2 Å². The van der Waals surface area contributed by atoms with Gasteiger partial charge in [-0.25, -0.2) is 4.79 Å². The number of ether oxygens (including phenoxy) is 1. The third-order valence-corrected chi connectivity index (χ3v) is 3.55. The Balaban J connectivity index is 1.89. The zero-order chi connectivity index (χ0) is 13.5. The molecule has 0 heterocycles. The highest BCUT2D eigenvalue weighted by atomic mass is 16.5. The van der Waals surface area contributed by atoms with Crippen molar-refractivity contribution in [1.82, 2.24) is 0 Å². The summed E-state index contributed by atoms with van der Waals surface area (Å²) in [6, 6.07) is 8.98. The molecule has 0 unspecified atom stereocenters. The number of hydrogen-bond donors (Lipinski definition) is 0. The van der Waals surface area contributed by atoms with E-state index in [2.05, 4.69) is 12.2 Å². The first-order chi connectivity index (χ1) is 9.31. The van der Waals surface area contributed by atoms with E-state index in [9.17, 15) is 9.59 Å². The van der Waals surface area contributed by atoms with Gasteiger partial charge in [0.05, 0.1) is 12.2 Å². The van der Waals surface area contributed by atoms with Gasteiger partial charge in [-0.2, -0.15) is 0 Å². The van der Waals surface area contributed by atoms with Crippen LogP contribution in [-0.4, -0.2) is 18.9 Å². The molecule has 1 aromatic rings. The summed E-state index contributed by atoms with van der Waals surface area (Å²) in [6.45, 7) is 0.385. The lowest BCUT2D eigenvalue weighted by molar-refractivity contribution is -0.109. The molecule has 2 rings (SSSR count). The van der Waals surface area contributed by atoms with Gasteiger partial charge >= 0.3 is 5.97 Å². The molecule has 0 N–H and O–H groups in total. The zero-order valence-corrected chi connectivity index (χ0v) is 10.8. The largest absolute Gasteiger partial charge is 0.462 e. The highest BCUT2D eigenvalue weighted by Gasteiger charge is 2.23. The van der Waals surface area contributed by atoms with Gasteiger partial charge in [-0.1, -0.05) is 30.4 Å². The van der Waals surface area contributed by atoms with E-state index in [1.165, 1.54) is 0 Å². The average Bonchev–Trinajstić information content (AvgIpc) is 2.47. The second-order valence-electron chi connectivity index (χ2n) is 4.83. The Morgan fingerprint density at radius 3 is 2.53 bits per heavy atom. The fourth-order valence-electron chi connectivity index (χ4n) is 2.38. The van der Waals surface area contributed by atoms with E-state index in [0.717, 1.165) is 19.1 Å². The van der Waals surface area contributed by atoms with E-state index < -0.39 is 0 Å². The van der Waals surface area contributed by atoms with Crippen molar-refractivity contribution in [3.05, 3.63) is 48.0 Å². The summed E-state index contributed by atoms with van der Waals surface area (Å²) < 4.78 is 5.36. The maximum Gasteiger partial charge on any atom is 0.338 e. The summed E-state index contributed by atoms with van der Waals surface area (Å²) >= 11 is 0. The van der Waals surface area contributed by atoms with Crippen LogP contribution in [0.4, 0.5) is 0 Å². The van der Waals surface area contributed by atoms with Crippen LogP contribution in [0.5, 0.6) is 0 Å². The van der Waals surface area contributed by atoms with Crippen molar-refractivity contribution in [3.63, 3.8) is 0 Å². The van der Waals surface area contributed by atoms with Gasteiger partial charge in [0.1, 0.15) is 6.29 Å². The maximum atomic E-state index is 11.8. The van der Waals surface area contributed by atoms with Crippen LogP contribution in [0, 0.1) is 11.8 Å². The van der Waals surface area contributed by atoms with Crippen molar-refractivity contribution in [2.75, 3.05) is 6.61 Å². The lowest BCUT2D eigenvalue weighted by atomic mass is 9.82. The lowest BCUT2D eigenvalue weighted by Crippen LogP contribution is -2.24. The summed E-state index contributed by atoms with van der Waals surface area (Å²) in [5.41, 5.74) is 0.570. The SMILES string of the molecule is O=CC[C@H]1CC=CC[C@@H]1COC(=O)c1ccccc1. The molecule has 2 atom stereocenters. The van der Waals surface area contributed by atoms with Crippen molar-refractivity contribution in [2.45, 2.75) is 19.3 Å². The molecule has 3 nitrogen and oxygen atoms in total. The Bertz CT molecular complexity index is 450. The molecule has 0 spiro atoms. The van der Waals surface area contributed by atoms with E-state index >= 15 is 0 Å². The smallest absolute Gasteiger partial charge is 0.338 e. The second-order valence-corrected chi connectivity index (χ2v) is 4.83. The molecule has 0 saturated heterocycles. The van der Waals surface area contributed by atoms with Gasteiger partial charge in [-0.3, -0.25) is 0 Å². The fraction of sp³-hybridized carbons (Fsp3) is 0.375. The third-order valence-electron chi connectivity index (χ3n) is 3.55. The summed E-state index contributed by atoms with van der Waals surface area (Å²) in [5, 5.41) is 0. The van der Waals surface area contributed by atoms with Crippen LogP contribution in [0.15, 0.2) is 42.5 Å². The first-order valence-electron chi connectivity index (χ1n) is 6.62. The normalized spacial score (nSPS) is 21.9. The predicted octanol–water partition coefficient (Wildman–Crippen LogP) is 3.01. The zero-order valence-electron chi connectivity index (χ0n) is 10.8. The quantitative estimate of drug-likeness (QED) is 0.463. The highest BCUT2D eigenvalue weighted by Crippen LogP contribution is 2.28. The Morgan fingerprint density at radius 2 is 1.84 bits per heavy atom. The minimum atomic E-state index is -0.292. The van der Waals surface area contributed by atoms with Gasteiger partial charge in [0.2, 0.25) is 0 Å². The number of benzene rings is 1. The predicted molar refractivity (Wildman–Crippen MR) is 72.8 cm³/mol. The fourth-order valence-corrected chi connectivity index (χ4v) is 2.38. The molecular formula is C16H18O3. The molecule has 3 heteroatoms. The van der Waals surface area contributed by atoms with Crippen molar-refractivity contribution in [3.8, 4) is 0 Å². The molecule has 0 bridgehead atoms. The molecule has 19 heavy (non-hydrogen) atoms. The summed E-state index contributed by atoms with van der Waals surface area (Å²) in [4.78, 5) is 22.5. The van der Waals surface area contributed by atoms with E-state index in [-0.39, 0.29) is 11.9 Å². The van der Waals surface area contributed by atoms with Crippen LogP contribution < -0.4 is 0 Å². The molecule has 0 fully saturated rings. The van der Waals surface area contributed by atoms with Gasteiger partial charge in [0.25, 0.3) is 0 Å². The molecule has 1 aliphatic rings. The van der Waals surface area contributed by atoms with Crippen molar-refractivity contribution >= 4 is 12.3 Å². The Hall–Kier alpha value is -1.90. The van der Waals surface area contributed by atoms with Crippen LogP contribution in [0.1, 0.15) is 29.6 Å². The van der Waals surface area contributed by atoms with Gasteiger partial charge in [-0.05, 0) is 30.9 Å². The first kappa shape index (κ1) is 13.5. The van der Waals surface area contributed by atoms with Crippen molar-refractivity contribution < 1.29 is 14.3 Å². The molecule has 0 aliphatic heterocycles. The minimum absolute atomic E-state index is 0.253. The monoisotopic (exact) mass is 258 g/mol. The minimum Gasteiger partial charge on any atom is -0.462 e. The van der Waals surface area contributed by atoms with Crippen LogP contribution >= 0.6 is 0 Å². The number of esters is 1. The number of hydrogen-bond acceptors (Lipinski definition) is 3. The molecule has 100 valence electrons. The van der Waals surface area contributed by atoms with Crippen molar-refractivity contribution in [2.24, 2.45) is 11.8 Å². The Kier molecular flexibility index (Phi) is 4.90. The molecule has 0 amide bonds. The summed E-state index contributed by atoms with van der Waals surface area (Å²) in [6.07, 6.45) is 7.46. The van der Waals surface area contributed by atoms with Crippen LogP contribution in [0.3, 0.4) is 0 Å². The Labute approximate surface area is 113 Å². The van der Waals surface area contributed by atoms with Gasteiger partial charge in [0.15, 0.2) is 0 Å². The standard InChI is InChI=1S/C16H18O3/c17-11-10-13-6-4-5-9-15(13)12-19-16(18)14-7-2-1-3-8-14/h1-5,7-8,11,13,15H,6,9-10,12H2/t13-,15-/m1/s1. The van der Waals surface area contributed by atoms with E-state index in [0.29, 0.717) is 24.5 Å². The maximum absolute atomic E-state index is 11.8. The van der Waals surface area contributed by atoms with Crippen LogP contribution in [0.2, 0.25) is 0 Å². The number of carbonyl (C=O) groups excluding carboxylic acids is 2. The topological polar surface area (TPSA) is 43.4 Å². The average molecular weight is 258 g/mol. The van der Waals surface area contributed by atoms with Crippen molar-refractivity contribution in [1.29, 1.82) is 0 Å². The van der Waals surface area contributed by atoms with E-state index in [4.69, 9.17) is 4.74 Å². The van der Waals surface area contributed by atoms with Gasteiger partial charge < -0.3 is 9.53 Å². The molecule has 0 saturated carbocycles. The summed E-state index contributed by atoms with van der Waals surface area (Å²) in [7, 11) is 0. The Morgan fingerprint density at radius 1 is 1.16 bits per heavy atom.